The first kappa shape index (κ1) is 17.3. The third-order valence-electron chi connectivity index (χ3n) is 4.93. The van der Waals surface area contributed by atoms with Gasteiger partial charge in [0, 0.05) is 24.0 Å². The van der Waals surface area contributed by atoms with E-state index in [-0.39, 0.29) is 16.3 Å². The molecule has 0 N–H and O–H groups in total. The van der Waals surface area contributed by atoms with Gasteiger partial charge in [0.05, 0.1) is 22.9 Å². The van der Waals surface area contributed by atoms with Gasteiger partial charge in [0.15, 0.2) is 5.13 Å². The van der Waals surface area contributed by atoms with Crippen molar-refractivity contribution in [1.82, 2.24) is 4.98 Å². The van der Waals surface area contributed by atoms with E-state index in [9.17, 15) is 4.39 Å². The summed E-state index contributed by atoms with van der Waals surface area (Å²) in [6.45, 7) is 7.94. The molecular formula is C19H22ClFN2OS. The SMILES string of the molecule is CC(C)(C)c1c(-c2csc(N3C[C@H]4CC[C@@H](C3)O4)n2)ccc(F)c1Cl. The first-order valence-electron chi connectivity index (χ1n) is 8.67. The van der Waals surface area contributed by atoms with Gasteiger partial charge < -0.3 is 9.64 Å². The fourth-order valence-corrected chi connectivity index (χ4v) is 5.10. The summed E-state index contributed by atoms with van der Waals surface area (Å²) in [4.78, 5) is 7.17. The molecule has 6 heteroatoms. The number of halogens is 2. The van der Waals surface area contributed by atoms with Gasteiger partial charge in [-0.1, -0.05) is 32.4 Å². The Morgan fingerprint density at radius 2 is 1.92 bits per heavy atom. The van der Waals surface area contributed by atoms with Gasteiger partial charge in [-0.05, 0) is 36.0 Å². The molecule has 2 bridgehead atoms. The van der Waals surface area contributed by atoms with E-state index in [0.717, 1.165) is 47.9 Å². The zero-order chi connectivity index (χ0) is 17.8. The Labute approximate surface area is 156 Å². The summed E-state index contributed by atoms with van der Waals surface area (Å²) < 4.78 is 19.9. The first-order chi connectivity index (χ1) is 11.8. The van der Waals surface area contributed by atoms with Crippen LogP contribution in [-0.2, 0) is 10.2 Å². The number of aromatic nitrogens is 1. The van der Waals surface area contributed by atoms with Crippen molar-refractivity contribution >= 4 is 28.1 Å². The lowest BCUT2D eigenvalue weighted by molar-refractivity contribution is 0.0305. The minimum Gasteiger partial charge on any atom is -0.371 e. The largest absolute Gasteiger partial charge is 0.371 e. The monoisotopic (exact) mass is 380 g/mol. The maximum absolute atomic E-state index is 14.0. The summed E-state index contributed by atoms with van der Waals surface area (Å²) in [5.74, 6) is -0.379. The van der Waals surface area contributed by atoms with Crippen LogP contribution in [0.2, 0.25) is 5.02 Å². The highest BCUT2D eigenvalue weighted by Crippen LogP contribution is 2.41. The molecule has 0 amide bonds. The molecule has 0 radical (unpaired) electrons. The zero-order valence-corrected chi connectivity index (χ0v) is 16.3. The van der Waals surface area contributed by atoms with E-state index in [1.54, 1.807) is 17.4 Å². The minimum absolute atomic E-state index is 0.198. The molecule has 2 atom stereocenters. The number of hydrogen-bond donors (Lipinski definition) is 0. The Hall–Kier alpha value is -1.17. The normalized spacial score (nSPS) is 23.3. The van der Waals surface area contributed by atoms with Crippen molar-refractivity contribution in [1.29, 1.82) is 0 Å². The van der Waals surface area contributed by atoms with E-state index in [1.807, 2.05) is 26.2 Å². The van der Waals surface area contributed by atoms with Crippen molar-refractivity contribution in [2.24, 2.45) is 0 Å². The van der Waals surface area contributed by atoms with Crippen LogP contribution in [0, 0.1) is 5.82 Å². The summed E-state index contributed by atoms with van der Waals surface area (Å²) in [5, 5.41) is 3.25. The van der Waals surface area contributed by atoms with Crippen molar-refractivity contribution in [3.05, 3.63) is 33.9 Å². The number of benzene rings is 1. The van der Waals surface area contributed by atoms with Crippen molar-refractivity contribution in [3.63, 3.8) is 0 Å². The van der Waals surface area contributed by atoms with E-state index < -0.39 is 0 Å². The lowest BCUT2D eigenvalue weighted by Gasteiger charge is -2.31. The molecule has 2 saturated heterocycles. The van der Waals surface area contributed by atoms with Gasteiger partial charge in [-0.15, -0.1) is 11.3 Å². The number of ether oxygens (including phenoxy) is 1. The quantitative estimate of drug-likeness (QED) is 0.709. The predicted octanol–water partition coefficient (Wildman–Crippen LogP) is 5.27. The molecule has 0 aliphatic carbocycles. The summed E-state index contributed by atoms with van der Waals surface area (Å²) in [7, 11) is 0. The highest BCUT2D eigenvalue weighted by Gasteiger charge is 2.35. The van der Waals surface area contributed by atoms with Crippen molar-refractivity contribution in [3.8, 4) is 11.3 Å². The topological polar surface area (TPSA) is 25.4 Å². The second-order valence-corrected chi connectivity index (χ2v) is 9.13. The molecule has 2 aromatic rings. The number of morpholine rings is 1. The fraction of sp³-hybridized carbons (Fsp3) is 0.526. The smallest absolute Gasteiger partial charge is 0.186 e. The van der Waals surface area contributed by atoms with E-state index in [0.29, 0.717) is 12.2 Å². The van der Waals surface area contributed by atoms with Gasteiger partial charge in [0.1, 0.15) is 5.82 Å². The average molecular weight is 381 g/mol. The van der Waals surface area contributed by atoms with Crippen LogP contribution in [0.1, 0.15) is 39.2 Å². The zero-order valence-electron chi connectivity index (χ0n) is 14.7. The van der Waals surface area contributed by atoms with Crippen LogP contribution in [0.5, 0.6) is 0 Å². The molecule has 3 heterocycles. The van der Waals surface area contributed by atoms with Crippen molar-refractivity contribution < 1.29 is 9.13 Å². The third-order valence-corrected chi connectivity index (χ3v) is 6.20. The van der Waals surface area contributed by atoms with E-state index in [1.165, 1.54) is 6.07 Å². The fourth-order valence-electron chi connectivity index (χ4n) is 3.80. The van der Waals surface area contributed by atoms with Gasteiger partial charge >= 0.3 is 0 Å². The van der Waals surface area contributed by atoms with Crippen molar-refractivity contribution in [2.45, 2.75) is 51.2 Å². The number of anilines is 1. The second kappa shape index (κ2) is 6.22. The van der Waals surface area contributed by atoms with Crippen LogP contribution in [0.3, 0.4) is 0 Å². The summed E-state index contributed by atoms with van der Waals surface area (Å²) in [5.41, 5.74) is 2.33. The molecule has 2 aliphatic heterocycles. The summed E-state index contributed by atoms with van der Waals surface area (Å²) in [6, 6.07) is 3.23. The van der Waals surface area contributed by atoms with E-state index in [2.05, 4.69) is 4.90 Å². The third kappa shape index (κ3) is 3.18. The van der Waals surface area contributed by atoms with Crippen LogP contribution in [0.15, 0.2) is 17.5 Å². The number of fused-ring (bicyclic) bond motifs is 2. The van der Waals surface area contributed by atoms with Gasteiger partial charge in [-0.2, -0.15) is 0 Å². The Balaban J connectivity index is 1.70. The second-order valence-electron chi connectivity index (χ2n) is 7.91. The summed E-state index contributed by atoms with van der Waals surface area (Å²) >= 11 is 7.94. The van der Waals surface area contributed by atoms with Gasteiger partial charge in [0.2, 0.25) is 0 Å². The first-order valence-corrected chi connectivity index (χ1v) is 9.93. The average Bonchev–Trinajstić information content (AvgIpc) is 3.15. The van der Waals surface area contributed by atoms with Gasteiger partial charge in [-0.3, -0.25) is 0 Å². The molecule has 134 valence electrons. The van der Waals surface area contributed by atoms with Crippen LogP contribution in [-0.4, -0.2) is 30.3 Å². The molecule has 3 nitrogen and oxygen atoms in total. The van der Waals surface area contributed by atoms with Crippen LogP contribution in [0.4, 0.5) is 9.52 Å². The Kier molecular flexibility index (Phi) is 4.29. The number of thiazole rings is 1. The van der Waals surface area contributed by atoms with Crippen LogP contribution >= 0.6 is 22.9 Å². The molecular weight excluding hydrogens is 359 g/mol. The predicted molar refractivity (Wildman–Crippen MR) is 101 cm³/mol. The molecule has 2 aliphatic rings. The maximum atomic E-state index is 14.0. The molecule has 25 heavy (non-hydrogen) atoms. The molecule has 0 unspecified atom stereocenters. The van der Waals surface area contributed by atoms with Gasteiger partial charge in [-0.25, -0.2) is 9.37 Å². The summed E-state index contributed by atoms with van der Waals surface area (Å²) in [6.07, 6.45) is 2.94. The highest BCUT2D eigenvalue weighted by atomic mass is 35.5. The lowest BCUT2D eigenvalue weighted by atomic mass is 9.83. The molecule has 1 aromatic heterocycles. The molecule has 0 spiro atoms. The van der Waals surface area contributed by atoms with E-state index in [4.69, 9.17) is 21.3 Å². The standard InChI is InChI=1S/C19H22ClFN2OS/c1-19(2,3)16-13(6-7-14(21)17(16)20)15-10-25-18(22-15)23-8-11-4-5-12(9-23)24-11/h6-7,10-12H,4-5,8-9H2,1-3H3/t11-,12+. The van der Waals surface area contributed by atoms with Crippen LogP contribution in [0.25, 0.3) is 11.3 Å². The Morgan fingerprint density at radius 1 is 1.24 bits per heavy atom. The Bertz CT molecular complexity index is 789. The lowest BCUT2D eigenvalue weighted by Crippen LogP contribution is -2.42. The van der Waals surface area contributed by atoms with Gasteiger partial charge in [0.25, 0.3) is 0 Å². The number of hydrogen-bond acceptors (Lipinski definition) is 4. The van der Waals surface area contributed by atoms with Crippen LogP contribution < -0.4 is 4.90 Å². The maximum Gasteiger partial charge on any atom is 0.186 e. The molecule has 2 fully saturated rings. The highest BCUT2D eigenvalue weighted by molar-refractivity contribution is 7.14. The number of rotatable bonds is 2. The molecule has 4 rings (SSSR count). The number of nitrogens with zero attached hydrogens (tertiary/aromatic N) is 2. The van der Waals surface area contributed by atoms with E-state index >= 15 is 0 Å². The molecule has 0 saturated carbocycles. The minimum atomic E-state index is -0.379. The van der Waals surface area contributed by atoms with Crippen molar-refractivity contribution in [2.75, 3.05) is 18.0 Å². The molecule has 1 aromatic carbocycles. The Morgan fingerprint density at radius 3 is 2.56 bits per heavy atom.